The molecule has 1 atom stereocenters. The molecule has 0 heterocycles. The Labute approximate surface area is 154 Å². The summed E-state index contributed by atoms with van der Waals surface area (Å²) in [6.45, 7) is 7.50. The van der Waals surface area contributed by atoms with Crippen LogP contribution in [0.25, 0.3) is 0 Å². The van der Waals surface area contributed by atoms with Crippen molar-refractivity contribution >= 4 is 11.9 Å². The highest BCUT2D eigenvalue weighted by atomic mass is 16.6. The first-order valence-corrected chi connectivity index (χ1v) is 8.42. The molecule has 4 heteroatoms. The van der Waals surface area contributed by atoms with Crippen LogP contribution >= 0.6 is 0 Å². The molecule has 2 rings (SSSR count). The molecule has 26 heavy (non-hydrogen) atoms. The highest BCUT2D eigenvalue weighted by molar-refractivity contribution is 5.90. The lowest BCUT2D eigenvalue weighted by atomic mass is 9.89. The van der Waals surface area contributed by atoms with Gasteiger partial charge >= 0.3 is 5.97 Å². The van der Waals surface area contributed by atoms with Crippen molar-refractivity contribution in [3.8, 4) is 0 Å². The molecule has 0 bridgehead atoms. The second-order valence-electron chi connectivity index (χ2n) is 5.94. The SMILES string of the molecule is C=CCC(Cc1ccccc1)(OC(=O)C=C)C(=O)NCc1ccccc1. The third-order valence-electron chi connectivity index (χ3n) is 3.98. The summed E-state index contributed by atoms with van der Waals surface area (Å²) in [5.74, 6) is -1.00. The molecule has 0 aliphatic heterocycles. The number of hydrogen-bond donors (Lipinski definition) is 1. The molecule has 1 amide bonds. The average molecular weight is 349 g/mol. The molecule has 0 aliphatic rings. The number of esters is 1. The van der Waals surface area contributed by atoms with Gasteiger partial charge in [0.05, 0.1) is 0 Å². The lowest BCUT2D eigenvalue weighted by Crippen LogP contribution is -2.51. The van der Waals surface area contributed by atoms with Gasteiger partial charge in [-0.25, -0.2) is 4.79 Å². The van der Waals surface area contributed by atoms with Crippen molar-refractivity contribution in [1.29, 1.82) is 0 Å². The summed E-state index contributed by atoms with van der Waals surface area (Å²) in [6.07, 6.45) is 3.09. The van der Waals surface area contributed by atoms with E-state index in [0.717, 1.165) is 17.2 Å². The van der Waals surface area contributed by atoms with Crippen LogP contribution in [0.15, 0.2) is 86.0 Å². The van der Waals surface area contributed by atoms with E-state index >= 15 is 0 Å². The number of benzene rings is 2. The van der Waals surface area contributed by atoms with E-state index in [1.54, 1.807) is 6.08 Å². The van der Waals surface area contributed by atoms with Gasteiger partial charge < -0.3 is 10.1 Å². The topological polar surface area (TPSA) is 55.4 Å². The zero-order valence-electron chi connectivity index (χ0n) is 14.7. The van der Waals surface area contributed by atoms with Crippen LogP contribution in [0.2, 0.25) is 0 Å². The molecule has 4 nitrogen and oxygen atoms in total. The van der Waals surface area contributed by atoms with Crippen LogP contribution in [-0.4, -0.2) is 17.5 Å². The first-order valence-electron chi connectivity index (χ1n) is 8.42. The van der Waals surface area contributed by atoms with Crippen LogP contribution in [0, 0.1) is 0 Å². The summed E-state index contributed by atoms with van der Waals surface area (Å²) >= 11 is 0. The van der Waals surface area contributed by atoms with E-state index in [4.69, 9.17) is 4.74 Å². The Morgan fingerprint density at radius 1 is 0.962 bits per heavy atom. The van der Waals surface area contributed by atoms with Gasteiger partial charge in [-0.15, -0.1) is 6.58 Å². The van der Waals surface area contributed by atoms with Crippen molar-refractivity contribution in [2.75, 3.05) is 0 Å². The Kier molecular flexibility index (Phi) is 6.92. The van der Waals surface area contributed by atoms with Gasteiger partial charge in [0.1, 0.15) is 0 Å². The molecule has 0 saturated carbocycles. The van der Waals surface area contributed by atoms with E-state index < -0.39 is 11.6 Å². The molecular formula is C22H23NO3. The molecule has 0 saturated heterocycles. The van der Waals surface area contributed by atoms with Gasteiger partial charge in [-0.3, -0.25) is 4.79 Å². The van der Waals surface area contributed by atoms with Crippen molar-refractivity contribution in [3.05, 3.63) is 97.1 Å². The van der Waals surface area contributed by atoms with E-state index in [1.165, 1.54) is 0 Å². The smallest absolute Gasteiger partial charge is 0.331 e. The Morgan fingerprint density at radius 2 is 1.54 bits per heavy atom. The molecular weight excluding hydrogens is 326 g/mol. The first kappa shape index (κ1) is 19.2. The summed E-state index contributed by atoms with van der Waals surface area (Å²) in [5.41, 5.74) is 0.479. The van der Waals surface area contributed by atoms with Gasteiger partial charge in [0.15, 0.2) is 5.60 Å². The molecule has 0 fully saturated rings. The number of hydrogen-bond acceptors (Lipinski definition) is 3. The normalized spacial score (nSPS) is 12.5. The number of amides is 1. The van der Waals surface area contributed by atoms with Crippen molar-refractivity contribution in [2.45, 2.75) is 25.0 Å². The van der Waals surface area contributed by atoms with Gasteiger partial charge in [-0.05, 0) is 11.1 Å². The minimum atomic E-state index is -1.37. The van der Waals surface area contributed by atoms with Gasteiger partial charge in [-0.2, -0.15) is 0 Å². The third kappa shape index (κ3) is 5.18. The van der Waals surface area contributed by atoms with Crippen LogP contribution in [0.3, 0.4) is 0 Å². The fraction of sp³-hybridized carbons (Fsp3) is 0.182. The molecule has 0 spiro atoms. The van der Waals surface area contributed by atoms with E-state index in [2.05, 4.69) is 18.5 Å². The van der Waals surface area contributed by atoms with Crippen LogP contribution in [0.4, 0.5) is 0 Å². The number of nitrogens with one attached hydrogen (secondary N) is 1. The fourth-order valence-electron chi connectivity index (χ4n) is 2.70. The van der Waals surface area contributed by atoms with Crippen molar-refractivity contribution in [1.82, 2.24) is 5.32 Å². The zero-order valence-corrected chi connectivity index (χ0v) is 14.7. The van der Waals surface area contributed by atoms with Crippen LogP contribution in [0.1, 0.15) is 17.5 Å². The van der Waals surface area contributed by atoms with E-state index in [1.807, 2.05) is 60.7 Å². The third-order valence-corrected chi connectivity index (χ3v) is 3.98. The fourth-order valence-corrected chi connectivity index (χ4v) is 2.70. The summed E-state index contributed by atoms with van der Waals surface area (Å²) in [7, 11) is 0. The maximum absolute atomic E-state index is 13.0. The molecule has 0 aliphatic carbocycles. The van der Waals surface area contributed by atoms with Crippen molar-refractivity contribution in [3.63, 3.8) is 0 Å². The minimum Gasteiger partial charge on any atom is -0.445 e. The van der Waals surface area contributed by atoms with Gasteiger partial charge in [0, 0.05) is 25.5 Å². The monoisotopic (exact) mass is 349 g/mol. The maximum Gasteiger partial charge on any atom is 0.331 e. The molecule has 0 radical (unpaired) electrons. The number of carbonyl (C=O) groups is 2. The predicted octanol–water partition coefficient (Wildman–Crippen LogP) is 3.59. The standard InChI is InChI=1S/C22H23NO3/c1-3-15-22(26-20(24)4-2,16-18-11-7-5-8-12-18)21(25)23-17-19-13-9-6-10-14-19/h3-14H,1-2,15-17H2,(H,23,25). The second kappa shape index (κ2) is 9.37. The largest absolute Gasteiger partial charge is 0.445 e. The Hall–Kier alpha value is -3.14. The van der Waals surface area contributed by atoms with Crippen molar-refractivity contribution in [2.24, 2.45) is 0 Å². The Bertz CT molecular complexity index is 755. The summed E-state index contributed by atoms with van der Waals surface area (Å²) in [5, 5.41) is 2.88. The van der Waals surface area contributed by atoms with Crippen molar-refractivity contribution < 1.29 is 14.3 Å². The predicted molar refractivity (Wildman–Crippen MR) is 102 cm³/mol. The highest BCUT2D eigenvalue weighted by Gasteiger charge is 2.41. The quantitative estimate of drug-likeness (QED) is 0.428. The average Bonchev–Trinajstić information content (AvgIpc) is 2.67. The van der Waals surface area contributed by atoms with Crippen LogP contribution in [0.5, 0.6) is 0 Å². The summed E-state index contributed by atoms with van der Waals surface area (Å²) in [6, 6.07) is 19.0. The van der Waals surface area contributed by atoms with Gasteiger partial charge in [-0.1, -0.05) is 73.3 Å². The highest BCUT2D eigenvalue weighted by Crippen LogP contribution is 2.24. The molecule has 2 aromatic carbocycles. The summed E-state index contributed by atoms with van der Waals surface area (Å²) < 4.78 is 5.54. The second-order valence-corrected chi connectivity index (χ2v) is 5.94. The van der Waals surface area contributed by atoms with Crippen LogP contribution in [-0.2, 0) is 27.3 Å². The first-order chi connectivity index (χ1) is 12.6. The Balaban J connectivity index is 2.26. The lowest BCUT2D eigenvalue weighted by molar-refractivity contribution is -0.164. The zero-order chi connectivity index (χ0) is 18.8. The number of carbonyl (C=O) groups excluding carboxylic acids is 2. The van der Waals surface area contributed by atoms with Crippen LogP contribution < -0.4 is 5.32 Å². The van der Waals surface area contributed by atoms with E-state index in [-0.39, 0.29) is 18.7 Å². The minimum absolute atomic E-state index is 0.197. The van der Waals surface area contributed by atoms with Gasteiger partial charge in [0.25, 0.3) is 5.91 Å². The van der Waals surface area contributed by atoms with E-state index in [9.17, 15) is 9.59 Å². The number of ether oxygens (including phenoxy) is 1. The molecule has 1 unspecified atom stereocenters. The molecule has 2 aromatic rings. The van der Waals surface area contributed by atoms with E-state index in [0.29, 0.717) is 6.54 Å². The maximum atomic E-state index is 13.0. The van der Waals surface area contributed by atoms with Gasteiger partial charge in [0.2, 0.25) is 0 Å². The molecule has 1 N–H and O–H groups in total. The summed E-state index contributed by atoms with van der Waals surface area (Å²) in [4.78, 5) is 24.9. The molecule has 134 valence electrons. The lowest BCUT2D eigenvalue weighted by Gasteiger charge is -2.31. The molecule has 0 aromatic heterocycles. The Morgan fingerprint density at radius 3 is 2.08 bits per heavy atom. The number of rotatable bonds is 9.